The molecule has 3 nitrogen and oxygen atoms in total. The lowest BCUT2D eigenvalue weighted by Crippen LogP contribution is -2.04. The van der Waals surface area contributed by atoms with Crippen molar-refractivity contribution >= 4 is 5.69 Å². The molecular weight excluding hydrogens is 174 g/mol. The molecule has 1 aromatic rings. The summed E-state index contributed by atoms with van der Waals surface area (Å²) in [5, 5.41) is 0. The van der Waals surface area contributed by atoms with Crippen LogP contribution >= 0.6 is 0 Å². The first kappa shape index (κ1) is 9.44. The van der Waals surface area contributed by atoms with Crippen LogP contribution in [0.15, 0.2) is 6.20 Å². The summed E-state index contributed by atoms with van der Waals surface area (Å²) < 4.78 is 0. The van der Waals surface area contributed by atoms with Crippen molar-refractivity contribution in [2.75, 3.05) is 5.73 Å². The van der Waals surface area contributed by atoms with Crippen LogP contribution in [0.25, 0.3) is 0 Å². The Kier molecular flexibility index (Phi) is 1.98. The van der Waals surface area contributed by atoms with Crippen LogP contribution in [0.4, 0.5) is 5.69 Å². The van der Waals surface area contributed by atoms with Crippen molar-refractivity contribution in [3.8, 4) is 0 Å². The molecule has 1 aromatic heterocycles. The van der Waals surface area contributed by atoms with Crippen LogP contribution in [0.2, 0.25) is 0 Å². The molecule has 3 heteroatoms. The summed E-state index contributed by atoms with van der Waals surface area (Å²) in [6, 6.07) is 0. The molecule has 1 fully saturated rings. The molecule has 0 radical (unpaired) electrons. The van der Waals surface area contributed by atoms with E-state index >= 15 is 0 Å². The first-order valence-corrected chi connectivity index (χ1v) is 5.16. The van der Waals surface area contributed by atoms with E-state index in [4.69, 9.17) is 5.73 Å². The van der Waals surface area contributed by atoms with E-state index in [0.29, 0.717) is 11.3 Å². The molecule has 1 saturated carbocycles. The first-order valence-electron chi connectivity index (χ1n) is 5.16. The SMILES string of the molecule is CCc1nc(C2CC2(C)C)ncc1N. The van der Waals surface area contributed by atoms with Crippen LogP contribution < -0.4 is 5.73 Å². The molecule has 1 atom stereocenters. The maximum Gasteiger partial charge on any atom is 0.132 e. The lowest BCUT2D eigenvalue weighted by Gasteiger charge is -2.06. The smallest absolute Gasteiger partial charge is 0.132 e. The molecule has 0 aliphatic heterocycles. The molecule has 76 valence electrons. The van der Waals surface area contributed by atoms with Gasteiger partial charge in [-0.05, 0) is 18.3 Å². The summed E-state index contributed by atoms with van der Waals surface area (Å²) in [5.41, 5.74) is 7.85. The number of hydrogen-bond acceptors (Lipinski definition) is 3. The van der Waals surface area contributed by atoms with Crippen molar-refractivity contribution in [2.45, 2.75) is 39.5 Å². The van der Waals surface area contributed by atoms with Crippen molar-refractivity contribution in [1.82, 2.24) is 9.97 Å². The molecule has 0 saturated heterocycles. The van der Waals surface area contributed by atoms with Gasteiger partial charge in [0.15, 0.2) is 0 Å². The van der Waals surface area contributed by atoms with E-state index in [0.717, 1.165) is 23.6 Å². The van der Waals surface area contributed by atoms with E-state index in [9.17, 15) is 0 Å². The number of nitrogens with two attached hydrogens (primary N) is 1. The Morgan fingerprint density at radius 1 is 1.57 bits per heavy atom. The van der Waals surface area contributed by atoms with Gasteiger partial charge in [0.05, 0.1) is 17.6 Å². The average molecular weight is 191 g/mol. The highest BCUT2D eigenvalue weighted by Crippen LogP contribution is 2.57. The highest BCUT2D eigenvalue weighted by Gasteiger charge is 2.48. The zero-order valence-corrected chi connectivity index (χ0v) is 9.04. The fourth-order valence-electron chi connectivity index (χ4n) is 1.80. The fourth-order valence-corrected chi connectivity index (χ4v) is 1.80. The van der Waals surface area contributed by atoms with Crippen LogP contribution in [0.3, 0.4) is 0 Å². The third kappa shape index (κ3) is 1.47. The summed E-state index contributed by atoms with van der Waals surface area (Å²) in [6.45, 7) is 6.58. The molecule has 2 N–H and O–H groups in total. The van der Waals surface area contributed by atoms with E-state index < -0.39 is 0 Å². The van der Waals surface area contributed by atoms with E-state index in [2.05, 4.69) is 30.7 Å². The molecule has 0 spiro atoms. The Bertz CT molecular complexity index is 358. The Balaban J connectivity index is 2.29. The number of aromatic nitrogens is 2. The van der Waals surface area contributed by atoms with Crippen molar-refractivity contribution in [3.05, 3.63) is 17.7 Å². The lowest BCUT2D eigenvalue weighted by atomic mass is 10.1. The fraction of sp³-hybridized carbons (Fsp3) is 0.636. The lowest BCUT2D eigenvalue weighted by molar-refractivity contribution is 0.607. The molecule has 0 amide bonds. The predicted molar refractivity (Wildman–Crippen MR) is 57.0 cm³/mol. The molecule has 1 aliphatic rings. The minimum atomic E-state index is 0.390. The van der Waals surface area contributed by atoms with E-state index in [-0.39, 0.29) is 0 Å². The van der Waals surface area contributed by atoms with Crippen LogP contribution in [0, 0.1) is 5.41 Å². The zero-order valence-electron chi connectivity index (χ0n) is 9.04. The molecule has 0 bridgehead atoms. The quantitative estimate of drug-likeness (QED) is 0.779. The highest BCUT2D eigenvalue weighted by molar-refractivity contribution is 5.40. The minimum Gasteiger partial charge on any atom is -0.396 e. The van der Waals surface area contributed by atoms with Gasteiger partial charge in [-0.1, -0.05) is 20.8 Å². The molecule has 2 rings (SSSR count). The maximum absolute atomic E-state index is 5.76. The zero-order chi connectivity index (χ0) is 10.3. The third-order valence-corrected chi connectivity index (χ3v) is 3.08. The van der Waals surface area contributed by atoms with Gasteiger partial charge in [0, 0.05) is 5.92 Å². The summed E-state index contributed by atoms with van der Waals surface area (Å²) in [5.74, 6) is 1.51. The number of hydrogen-bond donors (Lipinski definition) is 1. The minimum absolute atomic E-state index is 0.390. The number of nitrogen functional groups attached to an aromatic ring is 1. The summed E-state index contributed by atoms with van der Waals surface area (Å²) in [6.07, 6.45) is 3.82. The van der Waals surface area contributed by atoms with Crippen LogP contribution in [0.1, 0.15) is 44.6 Å². The van der Waals surface area contributed by atoms with Gasteiger partial charge in [-0.15, -0.1) is 0 Å². The second-order valence-electron chi connectivity index (χ2n) is 4.73. The third-order valence-electron chi connectivity index (χ3n) is 3.08. The summed E-state index contributed by atoms with van der Waals surface area (Å²) in [4.78, 5) is 8.82. The highest BCUT2D eigenvalue weighted by atomic mass is 14.9. The topological polar surface area (TPSA) is 51.8 Å². The summed E-state index contributed by atoms with van der Waals surface area (Å²) >= 11 is 0. The van der Waals surface area contributed by atoms with Crippen molar-refractivity contribution in [1.29, 1.82) is 0 Å². The second kappa shape index (κ2) is 2.94. The Hall–Kier alpha value is -1.12. The number of aryl methyl sites for hydroxylation is 1. The molecule has 14 heavy (non-hydrogen) atoms. The molecule has 1 unspecified atom stereocenters. The Morgan fingerprint density at radius 2 is 2.21 bits per heavy atom. The number of anilines is 1. The van der Waals surface area contributed by atoms with Gasteiger partial charge in [-0.3, -0.25) is 0 Å². The van der Waals surface area contributed by atoms with Crippen LogP contribution in [-0.4, -0.2) is 9.97 Å². The van der Waals surface area contributed by atoms with E-state index in [1.807, 2.05) is 0 Å². The summed E-state index contributed by atoms with van der Waals surface area (Å²) in [7, 11) is 0. The van der Waals surface area contributed by atoms with Gasteiger partial charge in [0.1, 0.15) is 5.82 Å². The molecular formula is C11H17N3. The van der Waals surface area contributed by atoms with Gasteiger partial charge in [-0.2, -0.15) is 0 Å². The first-order chi connectivity index (χ1) is 6.54. The molecule has 1 aliphatic carbocycles. The van der Waals surface area contributed by atoms with Gasteiger partial charge in [0.25, 0.3) is 0 Å². The van der Waals surface area contributed by atoms with Crippen LogP contribution in [0.5, 0.6) is 0 Å². The van der Waals surface area contributed by atoms with Gasteiger partial charge in [0.2, 0.25) is 0 Å². The van der Waals surface area contributed by atoms with E-state index in [1.165, 1.54) is 6.42 Å². The monoisotopic (exact) mass is 191 g/mol. The van der Waals surface area contributed by atoms with Crippen LogP contribution in [-0.2, 0) is 6.42 Å². The average Bonchev–Trinajstić information content (AvgIpc) is 2.76. The van der Waals surface area contributed by atoms with Gasteiger partial charge >= 0.3 is 0 Å². The van der Waals surface area contributed by atoms with Crippen molar-refractivity contribution in [3.63, 3.8) is 0 Å². The van der Waals surface area contributed by atoms with Gasteiger partial charge < -0.3 is 5.73 Å². The Labute approximate surface area is 84.8 Å². The van der Waals surface area contributed by atoms with E-state index in [1.54, 1.807) is 6.20 Å². The normalized spacial score (nSPS) is 23.5. The maximum atomic E-state index is 5.76. The van der Waals surface area contributed by atoms with Gasteiger partial charge in [-0.25, -0.2) is 9.97 Å². The number of nitrogens with zero attached hydrogens (tertiary/aromatic N) is 2. The largest absolute Gasteiger partial charge is 0.396 e. The molecule has 0 aromatic carbocycles. The Morgan fingerprint density at radius 3 is 2.71 bits per heavy atom. The predicted octanol–water partition coefficient (Wildman–Crippen LogP) is 2.13. The standard InChI is InChI=1S/C11H17N3/c1-4-9-8(12)6-13-10(14-9)7-5-11(7,2)3/h6-7H,4-5,12H2,1-3H3. The molecule has 1 heterocycles. The second-order valence-corrected chi connectivity index (χ2v) is 4.73. The van der Waals surface area contributed by atoms with Crippen molar-refractivity contribution in [2.24, 2.45) is 5.41 Å². The number of rotatable bonds is 2. The van der Waals surface area contributed by atoms with Crippen molar-refractivity contribution < 1.29 is 0 Å².